The molecule has 0 unspecified atom stereocenters. The van der Waals surface area contributed by atoms with Gasteiger partial charge < -0.3 is 0 Å². The van der Waals surface area contributed by atoms with Crippen molar-refractivity contribution in [2.45, 2.75) is 19.8 Å². The minimum absolute atomic E-state index is 0.464. The molecule has 0 saturated carbocycles. The monoisotopic (exact) mass is 366 g/mol. The third-order valence-corrected chi connectivity index (χ3v) is 5.70. The zero-order valence-electron chi connectivity index (χ0n) is 10.6. The second-order valence-corrected chi connectivity index (χ2v) is 7.77. The van der Waals surface area contributed by atoms with E-state index in [0.717, 1.165) is 12.8 Å². The smallest absolute Gasteiger partial charge is 0.270 e. The molecule has 0 aliphatic carbocycles. The first-order valence-electron chi connectivity index (χ1n) is 6.11. The maximum Gasteiger partial charge on any atom is 0.301 e. The normalized spacial score (nSPS) is 18.5. The van der Waals surface area contributed by atoms with E-state index in [2.05, 4.69) is 27.6 Å². The molecule has 1 aromatic carbocycles. The zero-order chi connectivity index (χ0) is 14.0. The Bertz CT molecular complexity index is 557. The summed E-state index contributed by atoms with van der Waals surface area (Å²) >= 11 is 9.19. The lowest BCUT2D eigenvalue weighted by atomic mass is 10.0. The Morgan fingerprint density at radius 3 is 2.63 bits per heavy atom. The quantitative estimate of drug-likeness (QED) is 0.889. The third kappa shape index (κ3) is 3.84. The Hall–Kier alpha value is -0.300. The summed E-state index contributed by atoms with van der Waals surface area (Å²) in [6.07, 6.45) is 1.80. The van der Waals surface area contributed by atoms with Gasteiger partial charge in [0.05, 0.1) is 5.69 Å². The Morgan fingerprint density at radius 2 is 2.00 bits per heavy atom. The average molecular weight is 368 g/mol. The fourth-order valence-electron chi connectivity index (χ4n) is 2.00. The van der Waals surface area contributed by atoms with E-state index in [1.807, 2.05) is 0 Å². The molecule has 0 spiro atoms. The largest absolute Gasteiger partial charge is 0.301 e. The van der Waals surface area contributed by atoms with Gasteiger partial charge in [-0.2, -0.15) is 12.7 Å². The Kier molecular flexibility index (Phi) is 4.76. The molecule has 1 N–H and O–H groups in total. The molecular weight excluding hydrogens is 352 g/mol. The van der Waals surface area contributed by atoms with Gasteiger partial charge in [0.15, 0.2) is 0 Å². The van der Waals surface area contributed by atoms with Crippen molar-refractivity contribution in [1.29, 1.82) is 0 Å². The van der Waals surface area contributed by atoms with Crippen LogP contribution in [0.3, 0.4) is 0 Å². The second kappa shape index (κ2) is 5.99. The van der Waals surface area contributed by atoms with Crippen LogP contribution in [0.1, 0.15) is 19.8 Å². The van der Waals surface area contributed by atoms with Crippen LogP contribution in [0, 0.1) is 5.92 Å². The Balaban J connectivity index is 2.15. The SMILES string of the molecule is CC1CCN(S(=O)(=O)Nc2cc(Cl)ccc2Br)CC1. The van der Waals surface area contributed by atoms with Crippen molar-refractivity contribution >= 4 is 43.4 Å². The number of nitrogens with zero attached hydrogens (tertiary/aromatic N) is 1. The molecule has 0 bridgehead atoms. The van der Waals surface area contributed by atoms with Crippen LogP contribution in [0.25, 0.3) is 0 Å². The minimum Gasteiger partial charge on any atom is -0.270 e. The number of halogens is 2. The van der Waals surface area contributed by atoms with Gasteiger partial charge in [0, 0.05) is 22.6 Å². The van der Waals surface area contributed by atoms with Crippen molar-refractivity contribution in [3.63, 3.8) is 0 Å². The van der Waals surface area contributed by atoms with Crippen molar-refractivity contribution in [3.05, 3.63) is 27.7 Å². The fraction of sp³-hybridized carbons (Fsp3) is 0.500. The summed E-state index contributed by atoms with van der Waals surface area (Å²) in [6.45, 7) is 3.27. The summed E-state index contributed by atoms with van der Waals surface area (Å²) in [5.74, 6) is 0.587. The lowest BCUT2D eigenvalue weighted by Gasteiger charge is -2.29. The van der Waals surface area contributed by atoms with Crippen molar-refractivity contribution < 1.29 is 8.42 Å². The Labute approximate surface area is 127 Å². The summed E-state index contributed by atoms with van der Waals surface area (Å²) < 4.78 is 29.3. The van der Waals surface area contributed by atoms with Gasteiger partial charge >= 0.3 is 10.2 Å². The number of benzene rings is 1. The molecule has 0 atom stereocenters. The molecule has 106 valence electrons. The Morgan fingerprint density at radius 1 is 1.37 bits per heavy atom. The van der Waals surface area contributed by atoms with E-state index >= 15 is 0 Å². The van der Waals surface area contributed by atoms with Crippen LogP contribution in [0.15, 0.2) is 22.7 Å². The molecule has 1 fully saturated rings. The van der Waals surface area contributed by atoms with Crippen LogP contribution >= 0.6 is 27.5 Å². The van der Waals surface area contributed by atoms with Crippen molar-refractivity contribution in [1.82, 2.24) is 4.31 Å². The lowest BCUT2D eigenvalue weighted by Crippen LogP contribution is -2.41. The summed E-state index contributed by atoms with van der Waals surface area (Å²) in [5.41, 5.74) is 0.464. The second-order valence-electron chi connectivity index (χ2n) is 4.81. The van der Waals surface area contributed by atoms with Crippen molar-refractivity contribution in [2.75, 3.05) is 17.8 Å². The van der Waals surface area contributed by atoms with Crippen LogP contribution < -0.4 is 4.72 Å². The third-order valence-electron chi connectivity index (χ3n) is 3.25. The maximum atomic E-state index is 12.3. The summed E-state index contributed by atoms with van der Waals surface area (Å²) in [4.78, 5) is 0. The van der Waals surface area contributed by atoms with Gasteiger partial charge in [-0.15, -0.1) is 0 Å². The lowest BCUT2D eigenvalue weighted by molar-refractivity contribution is 0.289. The van der Waals surface area contributed by atoms with Gasteiger partial charge in [0.1, 0.15) is 0 Å². The molecule has 7 heteroatoms. The standard InChI is InChI=1S/C12H16BrClN2O2S/c1-9-4-6-16(7-5-9)19(17,18)15-12-8-10(14)2-3-11(12)13/h2-3,8-9,15H,4-7H2,1H3. The number of hydrogen-bond donors (Lipinski definition) is 1. The van der Waals surface area contributed by atoms with E-state index in [1.54, 1.807) is 18.2 Å². The van der Waals surface area contributed by atoms with Gasteiger partial charge in [-0.3, -0.25) is 4.72 Å². The van der Waals surface area contributed by atoms with Crippen LogP contribution in [0.5, 0.6) is 0 Å². The molecule has 0 amide bonds. The maximum absolute atomic E-state index is 12.3. The van der Waals surface area contributed by atoms with Gasteiger partial charge in [-0.05, 0) is 52.9 Å². The highest BCUT2D eigenvalue weighted by Gasteiger charge is 2.26. The summed E-state index contributed by atoms with van der Waals surface area (Å²) in [6, 6.07) is 5.01. The van der Waals surface area contributed by atoms with E-state index in [9.17, 15) is 8.42 Å². The van der Waals surface area contributed by atoms with Gasteiger partial charge in [-0.25, -0.2) is 0 Å². The highest BCUT2D eigenvalue weighted by molar-refractivity contribution is 9.10. The number of nitrogens with one attached hydrogen (secondary N) is 1. The highest BCUT2D eigenvalue weighted by atomic mass is 79.9. The minimum atomic E-state index is -3.50. The first kappa shape index (κ1) is 15.1. The highest BCUT2D eigenvalue weighted by Crippen LogP contribution is 2.28. The van der Waals surface area contributed by atoms with E-state index in [0.29, 0.717) is 34.2 Å². The van der Waals surface area contributed by atoms with Gasteiger partial charge in [-0.1, -0.05) is 18.5 Å². The van der Waals surface area contributed by atoms with E-state index in [1.165, 1.54) is 4.31 Å². The van der Waals surface area contributed by atoms with Crippen LogP contribution in [-0.4, -0.2) is 25.8 Å². The molecular formula is C12H16BrClN2O2S. The van der Waals surface area contributed by atoms with Crippen LogP contribution in [0.4, 0.5) is 5.69 Å². The first-order chi connectivity index (χ1) is 8.88. The predicted molar refractivity (Wildman–Crippen MR) is 81.7 cm³/mol. The topological polar surface area (TPSA) is 49.4 Å². The number of rotatable bonds is 3. The van der Waals surface area contributed by atoms with Crippen LogP contribution in [0.2, 0.25) is 5.02 Å². The molecule has 0 aromatic heterocycles. The molecule has 1 saturated heterocycles. The summed E-state index contributed by atoms with van der Waals surface area (Å²) in [7, 11) is -3.50. The molecule has 4 nitrogen and oxygen atoms in total. The first-order valence-corrected chi connectivity index (χ1v) is 8.72. The van der Waals surface area contributed by atoms with Crippen molar-refractivity contribution in [2.24, 2.45) is 5.92 Å². The van der Waals surface area contributed by atoms with E-state index in [-0.39, 0.29) is 0 Å². The van der Waals surface area contributed by atoms with E-state index in [4.69, 9.17) is 11.6 Å². The zero-order valence-corrected chi connectivity index (χ0v) is 13.7. The molecule has 1 aromatic rings. The molecule has 0 radical (unpaired) electrons. The molecule has 1 heterocycles. The van der Waals surface area contributed by atoms with Gasteiger partial charge in [0.25, 0.3) is 0 Å². The predicted octanol–water partition coefficient (Wildman–Crippen LogP) is 3.49. The van der Waals surface area contributed by atoms with Crippen molar-refractivity contribution in [3.8, 4) is 0 Å². The number of anilines is 1. The average Bonchev–Trinajstić information content (AvgIpc) is 2.34. The fourth-order valence-corrected chi connectivity index (χ4v) is 3.92. The number of hydrogen-bond acceptors (Lipinski definition) is 2. The van der Waals surface area contributed by atoms with E-state index < -0.39 is 10.2 Å². The molecule has 19 heavy (non-hydrogen) atoms. The number of piperidine rings is 1. The molecule has 1 aliphatic heterocycles. The molecule has 2 rings (SSSR count). The summed E-state index contributed by atoms with van der Waals surface area (Å²) in [5, 5.41) is 0.494. The van der Waals surface area contributed by atoms with Crippen LogP contribution in [-0.2, 0) is 10.2 Å². The van der Waals surface area contributed by atoms with Gasteiger partial charge in [0.2, 0.25) is 0 Å². The molecule has 1 aliphatic rings.